The van der Waals surface area contributed by atoms with Crippen molar-refractivity contribution < 1.29 is 9.42 Å². The molecule has 0 aliphatic heterocycles. The van der Waals surface area contributed by atoms with Crippen LogP contribution in [0.4, 0.5) is 5.82 Å². The minimum Gasteiger partial charge on any atom is -0.378 e. The average molecular weight is 497 g/mol. The fraction of sp³-hybridized carbons (Fsp3) is 0.182. The first-order valence-electron chi connectivity index (χ1n) is 10.3. The predicted octanol–water partition coefficient (Wildman–Crippen LogP) is 4.07. The Balaban J connectivity index is 1.53. The third-order valence-corrected chi connectivity index (χ3v) is 6.12. The molecule has 12 heteroatoms. The second-order valence-electron chi connectivity index (χ2n) is 7.53. The van der Waals surface area contributed by atoms with E-state index in [1.54, 1.807) is 18.3 Å². The number of rotatable bonds is 8. The Bertz CT molecular complexity index is 1300. The smallest absolute Gasteiger partial charge is 0.293 e. The maximum atomic E-state index is 12.9. The fourth-order valence-electron chi connectivity index (χ4n) is 2.98. The van der Waals surface area contributed by atoms with Crippen molar-refractivity contribution >= 4 is 41.3 Å². The van der Waals surface area contributed by atoms with Gasteiger partial charge in [0, 0.05) is 15.7 Å². The summed E-state index contributed by atoms with van der Waals surface area (Å²) < 4.78 is 6.01. The van der Waals surface area contributed by atoms with Crippen LogP contribution in [0.5, 0.6) is 0 Å². The van der Waals surface area contributed by atoms with E-state index in [-0.39, 0.29) is 17.3 Å². The molecular formula is C22H21ClN8O2S. The molecule has 0 saturated heterocycles. The van der Waals surface area contributed by atoms with Crippen LogP contribution in [0, 0.1) is 0 Å². The lowest BCUT2D eigenvalue weighted by Crippen LogP contribution is -2.20. The van der Waals surface area contributed by atoms with E-state index < -0.39 is 5.91 Å². The van der Waals surface area contributed by atoms with Crippen LogP contribution in [0.25, 0.3) is 5.82 Å². The van der Waals surface area contributed by atoms with E-state index in [2.05, 4.69) is 49.6 Å². The minimum absolute atomic E-state index is 0.0254. The first-order chi connectivity index (χ1) is 16.4. The van der Waals surface area contributed by atoms with Gasteiger partial charge in [-0.3, -0.25) is 4.79 Å². The molecule has 10 nitrogen and oxygen atoms in total. The van der Waals surface area contributed by atoms with Crippen molar-refractivity contribution in [1.29, 1.82) is 0 Å². The van der Waals surface area contributed by atoms with Gasteiger partial charge in [-0.1, -0.05) is 54.9 Å². The molecule has 0 unspecified atom stereocenters. The average Bonchev–Trinajstić information content (AvgIpc) is 3.44. The van der Waals surface area contributed by atoms with Crippen molar-refractivity contribution in [3.05, 3.63) is 76.1 Å². The maximum absolute atomic E-state index is 12.9. The first-order valence-corrected chi connectivity index (χ1v) is 11.6. The number of carbonyl (C=O) groups is 1. The highest BCUT2D eigenvalue weighted by Crippen LogP contribution is 2.27. The number of anilines is 1. The number of amides is 1. The lowest BCUT2D eigenvalue weighted by Gasteiger charge is -2.06. The van der Waals surface area contributed by atoms with Crippen molar-refractivity contribution in [2.45, 2.75) is 30.4 Å². The number of aromatic nitrogens is 5. The Labute approximate surface area is 204 Å². The zero-order valence-corrected chi connectivity index (χ0v) is 19.9. The Kier molecular flexibility index (Phi) is 7.24. The molecule has 3 N–H and O–H groups in total. The van der Waals surface area contributed by atoms with Crippen LogP contribution in [-0.2, 0) is 5.75 Å². The largest absolute Gasteiger partial charge is 0.378 e. The van der Waals surface area contributed by atoms with Gasteiger partial charge >= 0.3 is 0 Å². The summed E-state index contributed by atoms with van der Waals surface area (Å²) in [5, 5.41) is 20.1. The van der Waals surface area contributed by atoms with E-state index >= 15 is 0 Å². The van der Waals surface area contributed by atoms with Crippen molar-refractivity contribution in [2.75, 3.05) is 5.73 Å². The fourth-order valence-corrected chi connectivity index (χ4v) is 4.00. The minimum atomic E-state index is -0.525. The lowest BCUT2D eigenvalue weighted by atomic mass is 10.0. The number of thioether (sulfide) groups is 1. The molecule has 174 valence electrons. The van der Waals surface area contributed by atoms with Gasteiger partial charge in [0.1, 0.15) is 0 Å². The number of nitrogen functional groups attached to an aromatic ring is 1. The van der Waals surface area contributed by atoms with Gasteiger partial charge in [0.2, 0.25) is 11.6 Å². The summed E-state index contributed by atoms with van der Waals surface area (Å²) in [5.41, 5.74) is 10.9. The van der Waals surface area contributed by atoms with E-state index in [0.717, 1.165) is 10.5 Å². The number of nitrogens with one attached hydrogen (secondary N) is 1. The summed E-state index contributed by atoms with van der Waals surface area (Å²) in [7, 11) is 0. The number of halogens is 1. The van der Waals surface area contributed by atoms with Crippen LogP contribution in [0.2, 0.25) is 5.02 Å². The molecule has 1 amide bonds. The highest BCUT2D eigenvalue weighted by atomic mass is 35.5. The van der Waals surface area contributed by atoms with Crippen LogP contribution in [0.3, 0.4) is 0 Å². The number of nitrogens with zero attached hydrogens (tertiary/aromatic N) is 6. The van der Waals surface area contributed by atoms with Crippen LogP contribution in [0.15, 0.2) is 63.2 Å². The molecule has 0 aliphatic rings. The van der Waals surface area contributed by atoms with E-state index in [1.807, 2.05) is 36.4 Å². The van der Waals surface area contributed by atoms with Gasteiger partial charge in [0.05, 0.1) is 11.9 Å². The number of nitrogens with two attached hydrogens (primary N) is 1. The van der Waals surface area contributed by atoms with Crippen molar-refractivity contribution in [2.24, 2.45) is 5.10 Å². The third kappa shape index (κ3) is 5.43. The lowest BCUT2D eigenvalue weighted by molar-refractivity contribution is 0.0949. The van der Waals surface area contributed by atoms with Crippen molar-refractivity contribution in [1.82, 2.24) is 30.7 Å². The SMILES string of the molecule is CC(C)c1ccc(/C=N/NC(=O)c2nnn(-c3nonc3N)c2CSc2ccc(Cl)cc2)cc1. The molecule has 0 saturated carbocycles. The van der Waals surface area contributed by atoms with E-state index in [9.17, 15) is 4.79 Å². The first kappa shape index (κ1) is 23.5. The van der Waals surface area contributed by atoms with Gasteiger partial charge in [0.25, 0.3) is 5.91 Å². The zero-order chi connectivity index (χ0) is 24.1. The van der Waals surface area contributed by atoms with Crippen LogP contribution >= 0.6 is 23.4 Å². The Hall–Kier alpha value is -3.70. The number of carbonyl (C=O) groups excluding carboxylic acids is 1. The number of hydrogen-bond donors (Lipinski definition) is 2. The maximum Gasteiger partial charge on any atom is 0.293 e. The quantitative estimate of drug-likeness (QED) is 0.211. The molecule has 0 aliphatic carbocycles. The normalized spacial score (nSPS) is 11.4. The third-order valence-electron chi connectivity index (χ3n) is 4.85. The van der Waals surface area contributed by atoms with Gasteiger partial charge in [-0.15, -0.1) is 16.9 Å². The second kappa shape index (κ2) is 10.5. The molecule has 2 heterocycles. The number of benzene rings is 2. The Morgan fingerprint density at radius 2 is 1.94 bits per heavy atom. The van der Waals surface area contributed by atoms with E-state index in [1.165, 1.54) is 22.0 Å². The van der Waals surface area contributed by atoms with Gasteiger partial charge in [-0.05, 0) is 51.6 Å². The molecule has 0 radical (unpaired) electrons. The number of hydrazone groups is 1. The van der Waals surface area contributed by atoms with Crippen molar-refractivity contribution in [3.8, 4) is 5.82 Å². The second-order valence-corrected chi connectivity index (χ2v) is 9.02. The van der Waals surface area contributed by atoms with Crippen LogP contribution in [0.1, 0.15) is 47.1 Å². The van der Waals surface area contributed by atoms with E-state index in [0.29, 0.717) is 22.4 Å². The highest BCUT2D eigenvalue weighted by molar-refractivity contribution is 7.98. The molecule has 0 fully saturated rings. The summed E-state index contributed by atoms with van der Waals surface area (Å²) in [5.74, 6) is 0.420. The van der Waals surface area contributed by atoms with Gasteiger partial charge in [0.15, 0.2) is 5.69 Å². The molecule has 0 spiro atoms. The molecule has 4 aromatic rings. The number of hydrogen-bond acceptors (Lipinski definition) is 9. The molecule has 0 atom stereocenters. The molecule has 2 aromatic carbocycles. The van der Waals surface area contributed by atoms with Crippen molar-refractivity contribution in [3.63, 3.8) is 0 Å². The summed E-state index contributed by atoms with van der Waals surface area (Å²) in [4.78, 5) is 13.8. The summed E-state index contributed by atoms with van der Waals surface area (Å²) in [6.07, 6.45) is 1.56. The monoisotopic (exact) mass is 496 g/mol. The predicted molar refractivity (Wildman–Crippen MR) is 130 cm³/mol. The summed E-state index contributed by atoms with van der Waals surface area (Å²) in [6.45, 7) is 4.25. The molecule has 0 bridgehead atoms. The molecule has 2 aromatic heterocycles. The summed E-state index contributed by atoms with van der Waals surface area (Å²) >= 11 is 7.43. The van der Waals surface area contributed by atoms with E-state index in [4.69, 9.17) is 17.3 Å². The molecule has 34 heavy (non-hydrogen) atoms. The van der Waals surface area contributed by atoms with Crippen LogP contribution < -0.4 is 11.2 Å². The topological polar surface area (TPSA) is 137 Å². The van der Waals surface area contributed by atoms with Gasteiger partial charge in [-0.2, -0.15) is 9.78 Å². The standard InChI is InChI=1S/C22H21ClN8O2S/c1-13(2)15-5-3-14(4-6-15)11-25-27-22(32)19-18(12-34-17-9-7-16(23)8-10-17)31(30-26-19)21-20(24)28-33-29-21/h3-11,13H,12H2,1-2H3,(H2,24,28)(H,27,32)/b25-11+. The van der Waals surface area contributed by atoms with Gasteiger partial charge in [-0.25, -0.2) is 10.1 Å². The van der Waals surface area contributed by atoms with Gasteiger partial charge < -0.3 is 5.73 Å². The molecular weight excluding hydrogens is 476 g/mol. The molecule has 4 rings (SSSR count). The Morgan fingerprint density at radius 1 is 1.21 bits per heavy atom. The van der Waals surface area contributed by atoms with Crippen LogP contribution in [-0.4, -0.2) is 37.4 Å². The Morgan fingerprint density at radius 3 is 2.59 bits per heavy atom. The highest BCUT2D eigenvalue weighted by Gasteiger charge is 2.24. The summed E-state index contributed by atoms with van der Waals surface area (Å²) in [6, 6.07) is 15.3. The zero-order valence-electron chi connectivity index (χ0n) is 18.3.